The number of fused-ring (bicyclic) bond motifs is 1. The molecule has 3 N–H and O–H groups in total. The molecule has 2 aromatic carbocycles. The molecule has 3 rings (SSSR count). The first-order valence-electron chi connectivity index (χ1n) is 10.6. The van der Waals surface area contributed by atoms with Crippen molar-refractivity contribution in [2.45, 2.75) is 19.8 Å². The van der Waals surface area contributed by atoms with Crippen molar-refractivity contribution in [2.24, 2.45) is 4.99 Å². The van der Waals surface area contributed by atoms with Crippen LogP contribution in [0.5, 0.6) is 17.2 Å². The molecule has 1 heterocycles. The fourth-order valence-corrected chi connectivity index (χ4v) is 3.64. The highest BCUT2D eigenvalue weighted by molar-refractivity contribution is 5.83. The molecule has 1 aromatic heterocycles. The molecule has 0 bridgehead atoms. The molecule has 0 aliphatic rings. The molecule has 0 radical (unpaired) electrons. The number of rotatable bonds is 10. The van der Waals surface area contributed by atoms with Gasteiger partial charge >= 0.3 is 0 Å². The van der Waals surface area contributed by atoms with Crippen LogP contribution in [-0.4, -0.2) is 51.9 Å². The molecule has 0 spiro atoms. The lowest BCUT2D eigenvalue weighted by Crippen LogP contribution is -2.38. The van der Waals surface area contributed by atoms with E-state index in [2.05, 4.69) is 46.9 Å². The number of aromatic amines is 1. The van der Waals surface area contributed by atoms with E-state index in [1.807, 2.05) is 18.2 Å². The largest absolute Gasteiger partial charge is 0.493 e. The number of nitrogens with zero attached hydrogens (tertiary/aromatic N) is 1. The predicted molar refractivity (Wildman–Crippen MR) is 126 cm³/mol. The van der Waals surface area contributed by atoms with Gasteiger partial charge in [0.2, 0.25) is 5.75 Å². The Labute approximate surface area is 183 Å². The molecular weight excluding hydrogens is 392 g/mol. The number of hydrogen-bond acceptors (Lipinski definition) is 4. The molecule has 7 heteroatoms. The van der Waals surface area contributed by atoms with Crippen molar-refractivity contribution in [3.05, 3.63) is 53.7 Å². The Kier molecular flexibility index (Phi) is 8.04. The van der Waals surface area contributed by atoms with Crippen molar-refractivity contribution in [3.8, 4) is 17.2 Å². The second-order valence-electron chi connectivity index (χ2n) is 7.04. The number of ether oxygens (including phenoxy) is 3. The fourth-order valence-electron chi connectivity index (χ4n) is 3.64. The molecule has 7 nitrogen and oxygen atoms in total. The quantitative estimate of drug-likeness (QED) is 0.343. The first-order valence-corrected chi connectivity index (χ1v) is 10.6. The lowest BCUT2D eigenvalue weighted by atomic mass is 10.1. The monoisotopic (exact) mass is 424 g/mol. The summed E-state index contributed by atoms with van der Waals surface area (Å²) in [4.78, 5) is 8.05. The van der Waals surface area contributed by atoms with Crippen LogP contribution in [0.3, 0.4) is 0 Å². The van der Waals surface area contributed by atoms with Gasteiger partial charge in [-0.1, -0.05) is 24.3 Å². The average Bonchev–Trinajstić information content (AvgIpc) is 3.21. The molecular formula is C24H32N4O3. The first kappa shape index (κ1) is 22.3. The van der Waals surface area contributed by atoms with E-state index >= 15 is 0 Å². The van der Waals surface area contributed by atoms with Gasteiger partial charge in [-0.3, -0.25) is 4.99 Å². The molecule has 0 unspecified atom stereocenters. The zero-order valence-electron chi connectivity index (χ0n) is 18.7. The van der Waals surface area contributed by atoms with E-state index in [1.165, 1.54) is 16.5 Å². The van der Waals surface area contributed by atoms with Gasteiger partial charge < -0.3 is 29.8 Å². The minimum atomic E-state index is 0.607. The van der Waals surface area contributed by atoms with Crippen LogP contribution < -0.4 is 24.8 Å². The summed E-state index contributed by atoms with van der Waals surface area (Å²) in [6.07, 6.45) is 3.72. The minimum Gasteiger partial charge on any atom is -0.493 e. The minimum absolute atomic E-state index is 0.607. The molecule has 0 fully saturated rings. The molecule has 166 valence electrons. The smallest absolute Gasteiger partial charge is 0.203 e. The molecule has 31 heavy (non-hydrogen) atoms. The lowest BCUT2D eigenvalue weighted by molar-refractivity contribution is 0.322. The number of guanidine groups is 1. The summed E-state index contributed by atoms with van der Waals surface area (Å²) in [6, 6.07) is 12.3. The SMILES string of the molecule is CCNC(=NCCc1ccc(OC)c(OC)c1OC)NCCc1c[nH]c2ccccc12. The third-order valence-corrected chi connectivity index (χ3v) is 5.14. The predicted octanol–water partition coefficient (Wildman–Crippen LogP) is 3.53. The molecule has 0 aliphatic carbocycles. The Bertz CT molecular complexity index is 1010. The molecule has 0 amide bonds. The van der Waals surface area contributed by atoms with Gasteiger partial charge in [0.1, 0.15) is 0 Å². The Morgan fingerprint density at radius 2 is 1.71 bits per heavy atom. The van der Waals surface area contributed by atoms with Gasteiger partial charge in [-0.15, -0.1) is 0 Å². The van der Waals surface area contributed by atoms with Gasteiger partial charge in [0.15, 0.2) is 17.5 Å². The Hall–Kier alpha value is -3.35. The zero-order chi connectivity index (χ0) is 22.1. The van der Waals surface area contributed by atoms with Crippen molar-refractivity contribution in [1.82, 2.24) is 15.6 Å². The molecule has 0 saturated heterocycles. The standard InChI is InChI=1S/C24H32N4O3/c1-5-25-24(27-15-13-18-16-28-20-9-7-6-8-19(18)20)26-14-12-17-10-11-21(29-2)23(31-4)22(17)30-3/h6-11,16,28H,5,12-15H2,1-4H3,(H2,25,26,27). The van der Waals surface area contributed by atoms with Crippen LogP contribution in [0.2, 0.25) is 0 Å². The highest BCUT2D eigenvalue weighted by Gasteiger charge is 2.15. The topological polar surface area (TPSA) is 79.9 Å². The van der Waals surface area contributed by atoms with E-state index < -0.39 is 0 Å². The number of hydrogen-bond donors (Lipinski definition) is 3. The number of benzene rings is 2. The molecule has 0 aliphatic heterocycles. The number of para-hydroxylation sites is 1. The Balaban J connectivity index is 1.61. The third kappa shape index (κ3) is 5.42. The Morgan fingerprint density at radius 3 is 2.45 bits per heavy atom. The lowest BCUT2D eigenvalue weighted by Gasteiger charge is -2.15. The number of nitrogens with one attached hydrogen (secondary N) is 3. The van der Waals surface area contributed by atoms with E-state index in [1.54, 1.807) is 21.3 Å². The van der Waals surface area contributed by atoms with E-state index in [0.717, 1.165) is 37.5 Å². The van der Waals surface area contributed by atoms with E-state index in [0.29, 0.717) is 23.8 Å². The van der Waals surface area contributed by atoms with Gasteiger partial charge in [-0.25, -0.2) is 0 Å². The van der Waals surface area contributed by atoms with Crippen LogP contribution in [0, 0.1) is 0 Å². The highest BCUT2D eigenvalue weighted by Crippen LogP contribution is 2.39. The van der Waals surface area contributed by atoms with Crippen LogP contribution in [-0.2, 0) is 12.8 Å². The maximum Gasteiger partial charge on any atom is 0.203 e. The van der Waals surface area contributed by atoms with Crippen molar-refractivity contribution >= 4 is 16.9 Å². The number of H-pyrrole nitrogens is 1. The summed E-state index contributed by atoms with van der Waals surface area (Å²) in [5, 5.41) is 8.01. The van der Waals surface area contributed by atoms with Gasteiger partial charge in [0.25, 0.3) is 0 Å². The third-order valence-electron chi connectivity index (χ3n) is 5.14. The van der Waals surface area contributed by atoms with Crippen LogP contribution in [0.25, 0.3) is 10.9 Å². The van der Waals surface area contributed by atoms with Crippen LogP contribution >= 0.6 is 0 Å². The Morgan fingerprint density at radius 1 is 0.903 bits per heavy atom. The number of aliphatic imine (C=N–C) groups is 1. The second-order valence-corrected chi connectivity index (χ2v) is 7.04. The van der Waals surface area contributed by atoms with Crippen molar-refractivity contribution in [2.75, 3.05) is 41.0 Å². The molecule has 0 atom stereocenters. The van der Waals surface area contributed by atoms with Crippen molar-refractivity contribution in [3.63, 3.8) is 0 Å². The van der Waals surface area contributed by atoms with Gasteiger partial charge in [0.05, 0.1) is 21.3 Å². The van der Waals surface area contributed by atoms with Crippen LogP contribution in [0.1, 0.15) is 18.1 Å². The fraction of sp³-hybridized carbons (Fsp3) is 0.375. The summed E-state index contributed by atoms with van der Waals surface area (Å²) in [6.45, 7) is 4.29. The van der Waals surface area contributed by atoms with Gasteiger partial charge in [-0.05, 0) is 37.5 Å². The van der Waals surface area contributed by atoms with E-state index in [4.69, 9.17) is 19.2 Å². The highest BCUT2D eigenvalue weighted by atomic mass is 16.5. The first-order chi connectivity index (χ1) is 15.2. The van der Waals surface area contributed by atoms with E-state index in [9.17, 15) is 0 Å². The zero-order valence-corrected chi connectivity index (χ0v) is 18.7. The van der Waals surface area contributed by atoms with Crippen molar-refractivity contribution < 1.29 is 14.2 Å². The molecule has 0 saturated carbocycles. The van der Waals surface area contributed by atoms with Gasteiger partial charge in [0, 0.05) is 42.3 Å². The summed E-state index contributed by atoms with van der Waals surface area (Å²) in [7, 11) is 4.87. The summed E-state index contributed by atoms with van der Waals surface area (Å²) < 4.78 is 16.4. The van der Waals surface area contributed by atoms with Crippen molar-refractivity contribution in [1.29, 1.82) is 0 Å². The maximum atomic E-state index is 5.57. The van der Waals surface area contributed by atoms with E-state index in [-0.39, 0.29) is 0 Å². The normalized spacial score (nSPS) is 11.4. The summed E-state index contributed by atoms with van der Waals surface area (Å²) in [5.74, 6) is 2.75. The summed E-state index contributed by atoms with van der Waals surface area (Å²) >= 11 is 0. The second kappa shape index (κ2) is 11.2. The molecule has 3 aromatic rings. The number of methoxy groups -OCH3 is 3. The van der Waals surface area contributed by atoms with Gasteiger partial charge in [-0.2, -0.15) is 0 Å². The van der Waals surface area contributed by atoms with Crippen LogP contribution in [0.15, 0.2) is 47.6 Å². The van der Waals surface area contributed by atoms with Crippen LogP contribution in [0.4, 0.5) is 0 Å². The average molecular weight is 425 g/mol. The number of aromatic nitrogens is 1. The maximum absolute atomic E-state index is 5.57. The summed E-state index contributed by atoms with van der Waals surface area (Å²) in [5.41, 5.74) is 3.49.